The third kappa shape index (κ3) is 4.96. The number of aryl methyl sites for hydroxylation is 1. The number of benzene rings is 1. The Morgan fingerprint density at radius 3 is 2.75 bits per heavy atom. The lowest BCUT2D eigenvalue weighted by atomic mass is 9.93. The van der Waals surface area contributed by atoms with Crippen molar-refractivity contribution in [1.82, 2.24) is 15.7 Å². The number of furan rings is 1. The van der Waals surface area contributed by atoms with Gasteiger partial charge in [-0.15, -0.1) is 0 Å². The Morgan fingerprint density at radius 1 is 1.16 bits per heavy atom. The largest absolute Gasteiger partial charge is 0.455 e. The van der Waals surface area contributed by atoms with E-state index >= 15 is 0 Å². The molecule has 4 rings (SSSR count). The van der Waals surface area contributed by atoms with Crippen molar-refractivity contribution in [2.45, 2.75) is 32.6 Å². The minimum Gasteiger partial charge on any atom is -0.455 e. The predicted molar refractivity (Wildman–Crippen MR) is 125 cm³/mol. The second kappa shape index (κ2) is 9.91. The van der Waals surface area contributed by atoms with Gasteiger partial charge < -0.3 is 9.73 Å². The standard InChI is InChI=1S/C24H23BrN4O3/c1-15-21-19(28-29-23(30)17-12-18(25)14-26-13-17)8-5-9-20(21)32-22(15)24(31)27-11-10-16-6-3-2-4-7-16/h2-4,6-7,12-14H,5,8-11H2,1H3,(H,27,31)(H,29,30)/b28-19+. The van der Waals surface area contributed by atoms with Crippen LogP contribution in [0.25, 0.3) is 0 Å². The van der Waals surface area contributed by atoms with Crippen LogP contribution in [0.1, 0.15) is 56.2 Å². The van der Waals surface area contributed by atoms with Gasteiger partial charge >= 0.3 is 0 Å². The van der Waals surface area contributed by atoms with E-state index in [1.54, 1.807) is 12.3 Å². The molecule has 2 amide bonds. The summed E-state index contributed by atoms with van der Waals surface area (Å²) in [4.78, 5) is 29.2. The van der Waals surface area contributed by atoms with Gasteiger partial charge in [0.05, 0.1) is 11.3 Å². The minimum atomic E-state index is -0.349. The number of pyridine rings is 1. The number of carbonyl (C=O) groups is 2. The van der Waals surface area contributed by atoms with E-state index in [1.165, 1.54) is 6.20 Å². The van der Waals surface area contributed by atoms with Crippen LogP contribution >= 0.6 is 15.9 Å². The van der Waals surface area contributed by atoms with Gasteiger partial charge in [-0.25, -0.2) is 5.43 Å². The molecule has 0 spiro atoms. The van der Waals surface area contributed by atoms with Crippen molar-refractivity contribution < 1.29 is 14.0 Å². The Kier molecular flexibility index (Phi) is 6.80. The maximum absolute atomic E-state index is 12.7. The first kappa shape index (κ1) is 22.0. The van der Waals surface area contributed by atoms with Crippen LogP contribution in [0.4, 0.5) is 0 Å². The zero-order valence-electron chi connectivity index (χ0n) is 17.7. The van der Waals surface area contributed by atoms with Gasteiger partial charge in [0.15, 0.2) is 5.76 Å². The van der Waals surface area contributed by atoms with E-state index in [9.17, 15) is 9.59 Å². The molecule has 2 aromatic heterocycles. The fraction of sp³-hybridized carbons (Fsp3) is 0.250. The predicted octanol–water partition coefficient (Wildman–Crippen LogP) is 4.19. The molecule has 0 aliphatic heterocycles. The molecule has 3 aromatic rings. The molecule has 0 saturated heterocycles. The number of aromatic nitrogens is 1. The maximum atomic E-state index is 12.7. The lowest BCUT2D eigenvalue weighted by Gasteiger charge is -2.13. The highest BCUT2D eigenvalue weighted by Crippen LogP contribution is 2.29. The first-order valence-electron chi connectivity index (χ1n) is 10.4. The Bertz CT molecular complexity index is 1170. The smallest absolute Gasteiger partial charge is 0.287 e. The summed E-state index contributed by atoms with van der Waals surface area (Å²) in [5.41, 5.74) is 6.44. The number of rotatable bonds is 6. The molecule has 164 valence electrons. The molecule has 1 aromatic carbocycles. The van der Waals surface area contributed by atoms with Gasteiger partial charge in [0.2, 0.25) is 0 Å². The molecule has 2 heterocycles. The molecule has 8 heteroatoms. The van der Waals surface area contributed by atoms with Gasteiger partial charge in [0, 0.05) is 41.0 Å². The molecule has 2 N–H and O–H groups in total. The lowest BCUT2D eigenvalue weighted by molar-refractivity contribution is 0.0922. The van der Waals surface area contributed by atoms with Crippen LogP contribution in [0, 0.1) is 6.92 Å². The number of hydrogen-bond acceptors (Lipinski definition) is 5. The molecule has 32 heavy (non-hydrogen) atoms. The number of hydrazone groups is 1. The van der Waals surface area contributed by atoms with Gasteiger partial charge in [-0.2, -0.15) is 5.10 Å². The summed E-state index contributed by atoms with van der Waals surface area (Å²) in [6, 6.07) is 11.7. The first-order valence-corrected chi connectivity index (χ1v) is 11.2. The SMILES string of the molecule is Cc1c(C(=O)NCCc2ccccc2)oc2c1/C(=N/NC(=O)c1cncc(Br)c1)CCC2. The van der Waals surface area contributed by atoms with E-state index in [0.29, 0.717) is 34.5 Å². The van der Waals surface area contributed by atoms with Crippen LogP contribution in [0.5, 0.6) is 0 Å². The molecular weight excluding hydrogens is 472 g/mol. The fourth-order valence-corrected chi connectivity index (χ4v) is 4.13. The highest BCUT2D eigenvalue weighted by atomic mass is 79.9. The summed E-state index contributed by atoms with van der Waals surface area (Å²) in [6.45, 7) is 2.38. The Morgan fingerprint density at radius 2 is 1.97 bits per heavy atom. The third-order valence-electron chi connectivity index (χ3n) is 5.33. The van der Waals surface area contributed by atoms with Crippen LogP contribution < -0.4 is 10.7 Å². The normalized spacial score (nSPS) is 14.1. The van der Waals surface area contributed by atoms with Crippen molar-refractivity contribution in [2.24, 2.45) is 5.10 Å². The summed E-state index contributed by atoms with van der Waals surface area (Å²) in [7, 11) is 0. The van der Waals surface area contributed by atoms with Crippen molar-refractivity contribution in [3.63, 3.8) is 0 Å². The van der Waals surface area contributed by atoms with E-state index in [4.69, 9.17) is 4.42 Å². The summed E-state index contributed by atoms with van der Waals surface area (Å²) in [5.74, 6) is 0.453. The zero-order chi connectivity index (χ0) is 22.5. The summed E-state index contributed by atoms with van der Waals surface area (Å²) < 4.78 is 6.63. The highest BCUT2D eigenvalue weighted by Gasteiger charge is 2.28. The number of amides is 2. The summed E-state index contributed by atoms with van der Waals surface area (Å²) >= 11 is 3.31. The van der Waals surface area contributed by atoms with Crippen molar-refractivity contribution in [3.8, 4) is 0 Å². The molecule has 1 aliphatic rings. The van der Waals surface area contributed by atoms with Crippen LogP contribution in [0.15, 0.2) is 62.8 Å². The molecule has 0 fully saturated rings. The minimum absolute atomic E-state index is 0.239. The molecule has 0 saturated carbocycles. The monoisotopic (exact) mass is 494 g/mol. The third-order valence-corrected chi connectivity index (χ3v) is 5.77. The number of fused-ring (bicyclic) bond motifs is 1. The number of nitrogens with one attached hydrogen (secondary N) is 2. The van der Waals surface area contributed by atoms with Crippen LogP contribution in [-0.2, 0) is 12.8 Å². The zero-order valence-corrected chi connectivity index (χ0v) is 19.2. The quantitative estimate of drug-likeness (QED) is 0.502. The van der Waals surface area contributed by atoms with Crippen molar-refractivity contribution in [2.75, 3.05) is 6.54 Å². The fourth-order valence-electron chi connectivity index (χ4n) is 3.76. The highest BCUT2D eigenvalue weighted by molar-refractivity contribution is 9.10. The van der Waals surface area contributed by atoms with Crippen molar-refractivity contribution in [3.05, 3.63) is 87.0 Å². The van der Waals surface area contributed by atoms with Gasteiger partial charge in [-0.1, -0.05) is 30.3 Å². The number of halogens is 1. The van der Waals surface area contributed by atoms with Gasteiger partial charge in [-0.3, -0.25) is 14.6 Å². The molecule has 1 aliphatic carbocycles. The average molecular weight is 495 g/mol. The second-order valence-corrected chi connectivity index (χ2v) is 8.51. The van der Waals surface area contributed by atoms with Gasteiger partial charge in [-0.05, 0) is 53.7 Å². The van der Waals surface area contributed by atoms with Crippen LogP contribution in [0.2, 0.25) is 0 Å². The maximum Gasteiger partial charge on any atom is 0.287 e. The molecule has 0 unspecified atom stereocenters. The van der Waals surface area contributed by atoms with E-state index in [-0.39, 0.29) is 11.8 Å². The molecule has 0 radical (unpaired) electrons. The average Bonchev–Trinajstić information content (AvgIpc) is 3.15. The first-order chi connectivity index (χ1) is 15.5. The second-order valence-electron chi connectivity index (χ2n) is 7.59. The number of nitrogens with zero attached hydrogens (tertiary/aromatic N) is 2. The van der Waals surface area contributed by atoms with E-state index in [0.717, 1.165) is 41.7 Å². The van der Waals surface area contributed by atoms with Crippen LogP contribution in [0.3, 0.4) is 0 Å². The Labute approximate surface area is 194 Å². The Balaban J connectivity index is 1.46. The van der Waals surface area contributed by atoms with Crippen molar-refractivity contribution >= 4 is 33.5 Å². The van der Waals surface area contributed by atoms with E-state index in [1.807, 2.05) is 37.3 Å². The van der Waals surface area contributed by atoms with Gasteiger partial charge in [0.1, 0.15) is 5.76 Å². The molecular formula is C24H23BrN4O3. The Hall–Kier alpha value is -3.26. The number of carbonyl (C=O) groups excluding carboxylic acids is 2. The molecule has 0 atom stereocenters. The lowest BCUT2D eigenvalue weighted by Crippen LogP contribution is -2.26. The van der Waals surface area contributed by atoms with E-state index < -0.39 is 0 Å². The topological polar surface area (TPSA) is 96.6 Å². The van der Waals surface area contributed by atoms with Gasteiger partial charge in [0.25, 0.3) is 11.8 Å². The molecule has 7 nitrogen and oxygen atoms in total. The summed E-state index contributed by atoms with van der Waals surface area (Å²) in [5, 5.41) is 7.28. The van der Waals surface area contributed by atoms with Crippen molar-refractivity contribution in [1.29, 1.82) is 0 Å². The molecule has 0 bridgehead atoms. The van der Waals surface area contributed by atoms with E-state index in [2.05, 4.69) is 36.8 Å². The number of hydrogen-bond donors (Lipinski definition) is 2. The summed E-state index contributed by atoms with van der Waals surface area (Å²) in [6.07, 6.45) is 6.10. The van der Waals surface area contributed by atoms with Crippen LogP contribution in [-0.4, -0.2) is 29.1 Å².